The number of hydrogen-bond donors (Lipinski definition) is 1. The molecule has 0 amide bonds. The molecule has 0 saturated heterocycles. The van der Waals surface area contributed by atoms with E-state index in [9.17, 15) is 9.90 Å². The summed E-state index contributed by atoms with van der Waals surface area (Å²) in [6, 6.07) is 9.86. The van der Waals surface area contributed by atoms with Crippen LogP contribution in [-0.2, 0) is 16.1 Å². The molecule has 0 radical (unpaired) electrons. The lowest BCUT2D eigenvalue weighted by atomic mass is 10.1. The lowest BCUT2D eigenvalue weighted by molar-refractivity contribution is -0.114. The second-order valence-electron chi connectivity index (χ2n) is 4.09. The van der Waals surface area contributed by atoms with Crippen molar-refractivity contribution in [1.29, 1.82) is 0 Å². The highest BCUT2D eigenvalue weighted by molar-refractivity contribution is 5.94. The molecule has 3 nitrogen and oxygen atoms in total. The van der Waals surface area contributed by atoms with Crippen molar-refractivity contribution in [3.63, 3.8) is 0 Å². The zero-order valence-corrected chi connectivity index (χ0v) is 11.1. The average molecular weight is 258 g/mol. The van der Waals surface area contributed by atoms with Crippen molar-refractivity contribution in [1.82, 2.24) is 0 Å². The van der Waals surface area contributed by atoms with Gasteiger partial charge in [0.15, 0.2) is 5.78 Å². The molecule has 1 atom stereocenters. The highest BCUT2D eigenvalue weighted by atomic mass is 16.5. The molecule has 1 aromatic rings. The van der Waals surface area contributed by atoms with Crippen molar-refractivity contribution in [2.24, 2.45) is 0 Å². The molecule has 100 valence electrons. The van der Waals surface area contributed by atoms with Gasteiger partial charge in [0.25, 0.3) is 0 Å². The second-order valence-corrected chi connectivity index (χ2v) is 4.09. The molecule has 1 N–H and O–H groups in total. The highest BCUT2D eigenvalue weighted by Gasteiger charge is 2.08. The predicted octanol–water partition coefficient (Wildman–Crippen LogP) is 2.10. The molecule has 0 aromatic heterocycles. The van der Waals surface area contributed by atoms with Gasteiger partial charge in [-0.25, -0.2) is 0 Å². The first-order valence-corrected chi connectivity index (χ1v) is 6.09. The van der Waals surface area contributed by atoms with E-state index in [0.29, 0.717) is 19.6 Å². The van der Waals surface area contributed by atoms with E-state index in [0.717, 1.165) is 5.56 Å². The van der Waals surface area contributed by atoms with Crippen LogP contribution in [0.1, 0.15) is 18.9 Å². The average Bonchev–Trinajstić information content (AvgIpc) is 2.42. The van der Waals surface area contributed by atoms with Crippen molar-refractivity contribution in [2.75, 3.05) is 6.61 Å². The third kappa shape index (κ3) is 6.01. The minimum atomic E-state index is -1.08. The predicted molar refractivity (Wildman–Crippen MR) is 74.3 cm³/mol. The number of ether oxygens (including phenoxy) is 1. The summed E-state index contributed by atoms with van der Waals surface area (Å²) >= 11 is 0. The molecule has 1 rings (SSSR count). The van der Waals surface area contributed by atoms with Crippen LogP contribution >= 0.6 is 0 Å². The van der Waals surface area contributed by atoms with Crippen LogP contribution < -0.4 is 0 Å². The van der Waals surface area contributed by atoms with E-state index < -0.39 is 6.10 Å². The maximum atomic E-state index is 10.9. The number of aliphatic hydroxyl groups excluding tert-OH is 1. The summed E-state index contributed by atoms with van der Waals surface area (Å²) < 4.78 is 5.44. The number of rotatable bonds is 6. The van der Waals surface area contributed by atoms with Gasteiger partial charge in [0, 0.05) is 12.0 Å². The number of carbonyl (C=O) groups is 1. The fourth-order valence-electron chi connectivity index (χ4n) is 1.34. The molecule has 0 saturated carbocycles. The van der Waals surface area contributed by atoms with Gasteiger partial charge in [0.2, 0.25) is 0 Å². The molecule has 19 heavy (non-hydrogen) atoms. The van der Waals surface area contributed by atoms with Crippen molar-refractivity contribution in [3.8, 4) is 11.8 Å². The van der Waals surface area contributed by atoms with E-state index in [1.807, 2.05) is 30.3 Å². The van der Waals surface area contributed by atoms with Crippen LogP contribution in [0.5, 0.6) is 0 Å². The largest absolute Gasteiger partial charge is 0.376 e. The fourth-order valence-corrected chi connectivity index (χ4v) is 1.34. The molecule has 0 heterocycles. The summed E-state index contributed by atoms with van der Waals surface area (Å²) in [4.78, 5) is 10.9. The lowest BCUT2D eigenvalue weighted by Gasteiger charge is -2.03. The third-order valence-corrected chi connectivity index (χ3v) is 2.50. The number of ketones is 1. The molecule has 0 bridgehead atoms. The SMILES string of the molecule is C=C(C(C)=O)C(O)C#CCCOCc1ccccc1. The third-order valence-electron chi connectivity index (χ3n) is 2.50. The minimum Gasteiger partial charge on any atom is -0.376 e. The number of benzene rings is 1. The van der Waals surface area contributed by atoms with Gasteiger partial charge in [-0.2, -0.15) is 0 Å². The van der Waals surface area contributed by atoms with Gasteiger partial charge < -0.3 is 9.84 Å². The number of hydrogen-bond acceptors (Lipinski definition) is 3. The summed E-state index contributed by atoms with van der Waals surface area (Å²) in [6.45, 7) is 5.87. The Morgan fingerprint density at radius 3 is 2.74 bits per heavy atom. The van der Waals surface area contributed by atoms with Crippen molar-refractivity contribution >= 4 is 5.78 Å². The highest BCUT2D eigenvalue weighted by Crippen LogP contribution is 2.01. The molecular weight excluding hydrogens is 240 g/mol. The Labute approximate surface area is 113 Å². The fraction of sp³-hybridized carbons (Fsp3) is 0.312. The van der Waals surface area contributed by atoms with E-state index in [-0.39, 0.29) is 11.4 Å². The maximum absolute atomic E-state index is 10.9. The summed E-state index contributed by atoms with van der Waals surface area (Å²) in [5.41, 5.74) is 1.23. The van der Waals surface area contributed by atoms with Gasteiger partial charge in [-0.05, 0) is 12.5 Å². The van der Waals surface area contributed by atoms with E-state index in [2.05, 4.69) is 18.4 Å². The quantitative estimate of drug-likeness (QED) is 0.483. The molecule has 0 fully saturated rings. The van der Waals surface area contributed by atoms with E-state index in [1.165, 1.54) is 6.92 Å². The Bertz CT molecular complexity index is 480. The number of carbonyl (C=O) groups excluding carboxylic acids is 1. The smallest absolute Gasteiger partial charge is 0.158 e. The summed E-state index contributed by atoms with van der Waals surface area (Å²) in [7, 11) is 0. The van der Waals surface area contributed by atoms with Gasteiger partial charge in [-0.3, -0.25) is 4.79 Å². The van der Waals surface area contributed by atoms with Gasteiger partial charge >= 0.3 is 0 Å². The standard InChI is InChI=1S/C16H18O3/c1-13(14(2)17)16(18)10-6-7-11-19-12-15-8-4-3-5-9-15/h3-5,8-9,16,18H,1,7,11-12H2,2H3. The van der Waals surface area contributed by atoms with E-state index >= 15 is 0 Å². The Balaban J connectivity index is 2.21. The van der Waals surface area contributed by atoms with Gasteiger partial charge in [-0.1, -0.05) is 48.8 Å². The Morgan fingerprint density at radius 2 is 2.11 bits per heavy atom. The van der Waals surface area contributed by atoms with Crippen molar-refractivity contribution < 1.29 is 14.6 Å². The Kier molecular flexibility index (Phi) is 6.59. The maximum Gasteiger partial charge on any atom is 0.158 e. The molecule has 0 spiro atoms. The van der Waals surface area contributed by atoms with Crippen LogP contribution in [0, 0.1) is 11.8 Å². The van der Waals surface area contributed by atoms with E-state index in [4.69, 9.17) is 4.74 Å². The molecule has 3 heteroatoms. The van der Waals surface area contributed by atoms with Crippen molar-refractivity contribution in [3.05, 3.63) is 48.0 Å². The van der Waals surface area contributed by atoms with Gasteiger partial charge in [-0.15, -0.1) is 0 Å². The van der Waals surface area contributed by atoms with Crippen LogP contribution in [0.15, 0.2) is 42.5 Å². The second kappa shape index (κ2) is 8.25. The van der Waals surface area contributed by atoms with Gasteiger partial charge in [0.1, 0.15) is 6.10 Å². The molecule has 0 aliphatic rings. The summed E-state index contributed by atoms with van der Waals surface area (Å²) in [5.74, 6) is 5.09. The topological polar surface area (TPSA) is 46.5 Å². The van der Waals surface area contributed by atoms with E-state index in [1.54, 1.807) is 0 Å². The zero-order valence-electron chi connectivity index (χ0n) is 11.1. The zero-order chi connectivity index (χ0) is 14.1. The molecule has 0 aliphatic heterocycles. The van der Waals surface area contributed by atoms with Crippen LogP contribution in [0.3, 0.4) is 0 Å². The Morgan fingerprint density at radius 1 is 1.42 bits per heavy atom. The van der Waals surface area contributed by atoms with Crippen molar-refractivity contribution in [2.45, 2.75) is 26.1 Å². The van der Waals surface area contributed by atoms with Crippen LogP contribution in [0.4, 0.5) is 0 Å². The van der Waals surface area contributed by atoms with Crippen LogP contribution in [0.2, 0.25) is 0 Å². The molecule has 1 unspecified atom stereocenters. The summed E-state index contributed by atoms with van der Waals surface area (Å²) in [5, 5.41) is 9.49. The first kappa shape index (κ1) is 15.2. The van der Waals surface area contributed by atoms with Crippen LogP contribution in [-0.4, -0.2) is 23.6 Å². The molecule has 1 aromatic carbocycles. The summed E-state index contributed by atoms with van der Waals surface area (Å²) in [6.07, 6.45) is -0.568. The van der Waals surface area contributed by atoms with Gasteiger partial charge in [0.05, 0.1) is 13.2 Å². The first-order chi connectivity index (χ1) is 9.11. The Hall–Kier alpha value is -1.89. The first-order valence-electron chi connectivity index (χ1n) is 6.09. The minimum absolute atomic E-state index is 0.123. The van der Waals surface area contributed by atoms with Crippen LogP contribution in [0.25, 0.3) is 0 Å². The molecular formula is C16H18O3. The molecule has 0 aliphatic carbocycles. The number of aliphatic hydroxyl groups is 1. The normalized spacial score (nSPS) is 11.3. The lowest BCUT2D eigenvalue weighted by Crippen LogP contribution is -2.12. The number of Topliss-reactive ketones (excluding diaryl/α,β-unsaturated/α-hetero) is 1. The monoisotopic (exact) mass is 258 g/mol.